The normalized spacial score (nSPS) is 12.6. The molecule has 1 aromatic carbocycles. The Morgan fingerprint density at radius 2 is 2.23 bits per heavy atom. The van der Waals surface area contributed by atoms with Crippen molar-refractivity contribution < 1.29 is 4.74 Å². The van der Waals surface area contributed by atoms with Crippen LogP contribution >= 0.6 is 11.6 Å². The van der Waals surface area contributed by atoms with Gasteiger partial charge in [-0.25, -0.2) is 0 Å². The van der Waals surface area contributed by atoms with Gasteiger partial charge in [0.2, 0.25) is 0 Å². The van der Waals surface area contributed by atoms with E-state index in [-0.39, 0.29) is 6.04 Å². The van der Waals surface area contributed by atoms with Crippen LogP contribution in [0.2, 0.25) is 5.02 Å². The number of hydrogen-bond donors (Lipinski definition) is 1. The summed E-state index contributed by atoms with van der Waals surface area (Å²) < 4.78 is 5.47. The first kappa shape index (κ1) is 10.4. The van der Waals surface area contributed by atoms with E-state index in [0.717, 1.165) is 16.3 Å². The maximum Gasteiger partial charge on any atom is 0.122 e. The lowest BCUT2D eigenvalue weighted by Gasteiger charge is -2.10. The summed E-state index contributed by atoms with van der Waals surface area (Å²) in [5, 5.41) is 0.727. The molecule has 0 heterocycles. The minimum Gasteiger partial charge on any atom is -0.492 e. The zero-order valence-electron chi connectivity index (χ0n) is 7.88. The molecule has 1 unspecified atom stereocenters. The van der Waals surface area contributed by atoms with Crippen molar-refractivity contribution in [3.8, 4) is 5.75 Å². The Morgan fingerprint density at radius 3 is 2.77 bits per heavy atom. The molecule has 0 aromatic heterocycles. The third kappa shape index (κ3) is 3.25. The molecule has 13 heavy (non-hydrogen) atoms. The molecule has 0 spiro atoms. The molecule has 1 aromatic rings. The van der Waals surface area contributed by atoms with Crippen LogP contribution in [0.3, 0.4) is 0 Å². The van der Waals surface area contributed by atoms with Gasteiger partial charge in [-0.1, -0.05) is 11.6 Å². The summed E-state index contributed by atoms with van der Waals surface area (Å²) in [5.74, 6) is 0.849. The lowest BCUT2D eigenvalue weighted by Crippen LogP contribution is -2.23. The van der Waals surface area contributed by atoms with Crippen LogP contribution in [-0.4, -0.2) is 12.6 Å². The molecular formula is C10H14ClNO. The lowest BCUT2D eigenvalue weighted by molar-refractivity contribution is 0.294. The van der Waals surface area contributed by atoms with Crippen LogP contribution in [0.4, 0.5) is 0 Å². The van der Waals surface area contributed by atoms with Gasteiger partial charge in [0, 0.05) is 11.1 Å². The quantitative estimate of drug-likeness (QED) is 0.812. The number of benzene rings is 1. The summed E-state index contributed by atoms with van der Waals surface area (Å²) >= 11 is 5.80. The number of rotatable bonds is 3. The zero-order chi connectivity index (χ0) is 9.84. The van der Waals surface area contributed by atoms with Gasteiger partial charge in [-0.05, 0) is 37.6 Å². The Hall–Kier alpha value is -0.730. The van der Waals surface area contributed by atoms with E-state index in [9.17, 15) is 0 Å². The average molecular weight is 200 g/mol. The van der Waals surface area contributed by atoms with Crippen LogP contribution in [0.1, 0.15) is 12.5 Å². The largest absolute Gasteiger partial charge is 0.492 e. The van der Waals surface area contributed by atoms with E-state index in [1.807, 2.05) is 32.0 Å². The SMILES string of the molecule is Cc1cc(Cl)ccc1OCC(C)N. The highest BCUT2D eigenvalue weighted by Gasteiger charge is 2.01. The Balaban J connectivity index is 2.67. The maximum absolute atomic E-state index is 5.80. The van der Waals surface area contributed by atoms with Gasteiger partial charge in [-0.15, -0.1) is 0 Å². The van der Waals surface area contributed by atoms with Gasteiger partial charge in [-0.2, -0.15) is 0 Å². The van der Waals surface area contributed by atoms with E-state index < -0.39 is 0 Å². The highest BCUT2D eigenvalue weighted by molar-refractivity contribution is 6.30. The molecule has 0 fully saturated rings. The summed E-state index contributed by atoms with van der Waals surface area (Å²) in [7, 11) is 0. The molecule has 2 N–H and O–H groups in total. The maximum atomic E-state index is 5.80. The Kier molecular flexibility index (Phi) is 3.58. The second kappa shape index (κ2) is 4.49. The van der Waals surface area contributed by atoms with E-state index in [1.54, 1.807) is 0 Å². The second-order valence-corrected chi connectivity index (χ2v) is 3.63. The molecular weight excluding hydrogens is 186 g/mol. The summed E-state index contributed by atoms with van der Waals surface area (Å²) in [6.45, 7) is 4.40. The number of ether oxygens (including phenoxy) is 1. The summed E-state index contributed by atoms with van der Waals surface area (Å²) in [4.78, 5) is 0. The molecule has 0 saturated carbocycles. The minimum atomic E-state index is 0.0510. The minimum absolute atomic E-state index is 0.0510. The molecule has 1 atom stereocenters. The lowest BCUT2D eigenvalue weighted by atomic mass is 10.2. The molecule has 0 radical (unpaired) electrons. The van der Waals surface area contributed by atoms with Gasteiger partial charge in [0.15, 0.2) is 0 Å². The molecule has 1 rings (SSSR count). The van der Waals surface area contributed by atoms with Crippen molar-refractivity contribution in [1.82, 2.24) is 0 Å². The highest BCUT2D eigenvalue weighted by Crippen LogP contribution is 2.21. The van der Waals surface area contributed by atoms with Crippen molar-refractivity contribution in [2.75, 3.05) is 6.61 Å². The van der Waals surface area contributed by atoms with E-state index in [1.165, 1.54) is 0 Å². The monoisotopic (exact) mass is 199 g/mol. The first-order valence-electron chi connectivity index (χ1n) is 4.24. The van der Waals surface area contributed by atoms with Crippen LogP contribution in [0.15, 0.2) is 18.2 Å². The van der Waals surface area contributed by atoms with Crippen molar-refractivity contribution in [2.24, 2.45) is 5.73 Å². The van der Waals surface area contributed by atoms with Crippen molar-refractivity contribution in [3.05, 3.63) is 28.8 Å². The van der Waals surface area contributed by atoms with Gasteiger partial charge in [-0.3, -0.25) is 0 Å². The van der Waals surface area contributed by atoms with Crippen LogP contribution in [0.25, 0.3) is 0 Å². The highest BCUT2D eigenvalue weighted by atomic mass is 35.5. The molecule has 0 aliphatic carbocycles. The fourth-order valence-corrected chi connectivity index (χ4v) is 1.22. The standard InChI is InChI=1S/C10H14ClNO/c1-7-5-9(11)3-4-10(7)13-6-8(2)12/h3-5,8H,6,12H2,1-2H3. The van der Waals surface area contributed by atoms with Gasteiger partial charge in [0.1, 0.15) is 12.4 Å². The summed E-state index contributed by atoms with van der Waals surface area (Å²) in [6, 6.07) is 5.60. The summed E-state index contributed by atoms with van der Waals surface area (Å²) in [6.07, 6.45) is 0. The molecule has 72 valence electrons. The number of hydrogen-bond acceptors (Lipinski definition) is 2. The molecule has 0 bridgehead atoms. The molecule has 2 nitrogen and oxygen atoms in total. The fourth-order valence-electron chi connectivity index (χ4n) is 0.996. The number of halogens is 1. The summed E-state index contributed by atoms with van der Waals surface area (Å²) in [5.41, 5.74) is 6.60. The van der Waals surface area contributed by atoms with Gasteiger partial charge in [0.25, 0.3) is 0 Å². The van der Waals surface area contributed by atoms with Crippen molar-refractivity contribution in [1.29, 1.82) is 0 Å². The van der Waals surface area contributed by atoms with E-state index >= 15 is 0 Å². The first-order chi connectivity index (χ1) is 6.09. The van der Waals surface area contributed by atoms with Gasteiger partial charge in [0.05, 0.1) is 0 Å². The van der Waals surface area contributed by atoms with Crippen molar-refractivity contribution in [3.63, 3.8) is 0 Å². The van der Waals surface area contributed by atoms with Gasteiger partial charge < -0.3 is 10.5 Å². The Labute approximate surface area is 83.6 Å². The van der Waals surface area contributed by atoms with Crippen LogP contribution in [-0.2, 0) is 0 Å². The molecule has 0 aliphatic rings. The second-order valence-electron chi connectivity index (χ2n) is 3.20. The predicted molar refractivity (Wildman–Crippen MR) is 55.3 cm³/mol. The predicted octanol–water partition coefficient (Wildman–Crippen LogP) is 2.37. The molecule has 0 aliphatic heterocycles. The molecule has 3 heteroatoms. The van der Waals surface area contributed by atoms with Gasteiger partial charge >= 0.3 is 0 Å². The number of aryl methyl sites for hydroxylation is 1. The molecule has 0 amide bonds. The first-order valence-corrected chi connectivity index (χ1v) is 4.62. The van der Waals surface area contributed by atoms with E-state index in [0.29, 0.717) is 6.61 Å². The van der Waals surface area contributed by atoms with Crippen LogP contribution in [0.5, 0.6) is 5.75 Å². The Bertz CT molecular complexity index is 286. The number of nitrogens with two attached hydrogens (primary N) is 1. The van der Waals surface area contributed by atoms with Crippen molar-refractivity contribution in [2.45, 2.75) is 19.9 Å². The third-order valence-corrected chi connectivity index (χ3v) is 1.87. The zero-order valence-corrected chi connectivity index (χ0v) is 8.64. The van der Waals surface area contributed by atoms with Crippen LogP contribution < -0.4 is 10.5 Å². The molecule has 0 saturated heterocycles. The topological polar surface area (TPSA) is 35.2 Å². The third-order valence-electron chi connectivity index (χ3n) is 1.64. The Morgan fingerprint density at radius 1 is 1.54 bits per heavy atom. The smallest absolute Gasteiger partial charge is 0.122 e. The van der Waals surface area contributed by atoms with Crippen LogP contribution in [0, 0.1) is 6.92 Å². The average Bonchev–Trinajstić information content (AvgIpc) is 2.02. The fraction of sp³-hybridized carbons (Fsp3) is 0.400. The van der Waals surface area contributed by atoms with E-state index in [4.69, 9.17) is 22.1 Å². The van der Waals surface area contributed by atoms with Crippen molar-refractivity contribution >= 4 is 11.6 Å². The van der Waals surface area contributed by atoms with E-state index in [2.05, 4.69) is 0 Å².